The van der Waals surface area contributed by atoms with E-state index in [1.54, 1.807) is 0 Å². The summed E-state index contributed by atoms with van der Waals surface area (Å²) in [6.45, 7) is 5.92. The number of para-hydroxylation sites is 1. The Balaban J connectivity index is 2.26. The molecule has 1 N–H and O–H groups in total. The first kappa shape index (κ1) is 12.4. The average molecular weight is 233 g/mol. The van der Waals surface area contributed by atoms with E-state index in [0.717, 1.165) is 13.0 Å². The molecular weight excluding hydrogens is 210 g/mol. The van der Waals surface area contributed by atoms with Crippen LogP contribution in [0, 0.1) is 0 Å². The fourth-order valence-electron chi connectivity index (χ4n) is 2.84. The van der Waals surface area contributed by atoms with E-state index in [1.807, 2.05) is 0 Å². The second-order valence-corrected chi connectivity index (χ2v) is 5.22. The first-order chi connectivity index (χ1) is 8.24. The van der Waals surface area contributed by atoms with Crippen LogP contribution in [0.5, 0.6) is 0 Å². The Morgan fingerprint density at radius 1 is 1.35 bits per heavy atom. The van der Waals surface area contributed by atoms with E-state index in [9.17, 15) is 0 Å². The normalized spacial score (nSPS) is 20.2. The number of aliphatic hydroxyl groups excluding tert-OH is 1. The van der Waals surface area contributed by atoms with Gasteiger partial charge in [-0.05, 0) is 36.8 Å². The lowest BCUT2D eigenvalue weighted by molar-refractivity contribution is 0.276. The fraction of sp³-hybridized carbons (Fsp3) is 0.600. The quantitative estimate of drug-likeness (QED) is 0.863. The van der Waals surface area contributed by atoms with Crippen molar-refractivity contribution in [1.82, 2.24) is 0 Å². The summed E-state index contributed by atoms with van der Waals surface area (Å²) in [6, 6.07) is 9.23. The average Bonchev–Trinajstić information content (AvgIpc) is 2.77. The molecule has 0 aliphatic carbocycles. The van der Waals surface area contributed by atoms with Crippen LogP contribution < -0.4 is 4.90 Å². The Morgan fingerprint density at radius 2 is 2.12 bits per heavy atom. The molecule has 1 aromatic rings. The predicted molar refractivity (Wildman–Crippen MR) is 72.6 cm³/mol. The van der Waals surface area contributed by atoms with Crippen LogP contribution in [0.4, 0.5) is 5.69 Å². The molecule has 1 saturated heterocycles. The van der Waals surface area contributed by atoms with E-state index in [2.05, 4.69) is 43.0 Å². The molecule has 2 heteroatoms. The molecule has 1 atom stereocenters. The van der Waals surface area contributed by atoms with Crippen LogP contribution in [-0.4, -0.2) is 24.3 Å². The summed E-state index contributed by atoms with van der Waals surface area (Å²) < 4.78 is 0. The van der Waals surface area contributed by atoms with E-state index in [-0.39, 0.29) is 0 Å². The van der Waals surface area contributed by atoms with Crippen LogP contribution in [0.15, 0.2) is 24.3 Å². The van der Waals surface area contributed by atoms with Gasteiger partial charge in [-0.15, -0.1) is 0 Å². The maximum Gasteiger partial charge on any atom is 0.0450 e. The Morgan fingerprint density at radius 3 is 2.82 bits per heavy atom. The van der Waals surface area contributed by atoms with Gasteiger partial charge in [0.05, 0.1) is 0 Å². The van der Waals surface area contributed by atoms with Crippen molar-refractivity contribution in [2.45, 2.75) is 45.1 Å². The highest BCUT2D eigenvalue weighted by atomic mass is 16.3. The van der Waals surface area contributed by atoms with Crippen molar-refractivity contribution in [3.05, 3.63) is 29.8 Å². The first-order valence-corrected chi connectivity index (χ1v) is 6.70. The van der Waals surface area contributed by atoms with Crippen LogP contribution in [0.2, 0.25) is 0 Å². The highest BCUT2D eigenvalue weighted by Crippen LogP contribution is 2.33. The summed E-state index contributed by atoms with van der Waals surface area (Å²) in [5.41, 5.74) is 2.80. The third kappa shape index (κ3) is 2.63. The molecule has 2 rings (SSSR count). The lowest BCUT2D eigenvalue weighted by atomic mass is 9.99. The smallest absolute Gasteiger partial charge is 0.0450 e. The largest absolute Gasteiger partial charge is 0.396 e. The van der Waals surface area contributed by atoms with E-state index in [0.29, 0.717) is 18.6 Å². The maximum atomic E-state index is 9.14. The van der Waals surface area contributed by atoms with Gasteiger partial charge in [0, 0.05) is 24.9 Å². The molecule has 1 heterocycles. The highest BCUT2D eigenvalue weighted by molar-refractivity contribution is 5.56. The zero-order valence-corrected chi connectivity index (χ0v) is 10.9. The highest BCUT2D eigenvalue weighted by Gasteiger charge is 2.25. The minimum Gasteiger partial charge on any atom is -0.396 e. The third-order valence-electron chi connectivity index (χ3n) is 3.71. The molecule has 1 aromatic carbocycles. The van der Waals surface area contributed by atoms with E-state index < -0.39 is 0 Å². The van der Waals surface area contributed by atoms with Crippen LogP contribution in [0.3, 0.4) is 0 Å². The minimum absolute atomic E-state index is 0.297. The van der Waals surface area contributed by atoms with Crippen molar-refractivity contribution in [3.8, 4) is 0 Å². The van der Waals surface area contributed by atoms with E-state index >= 15 is 0 Å². The van der Waals surface area contributed by atoms with Gasteiger partial charge in [-0.25, -0.2) is 0 Å². The van der Waals surface area contributed by atoms with Gasteiger partial charge >= 0.3 is 0 Å². The molecule has 1 aliphatic heterocycles. The fourth-order valence-corrected chi connectivity index (χ4v) is 2.84. The summed E-state index contributed by atoms with van der Waals surface area (Å²) >= 11 is 0. The summed E-state index contributed by atoms with van der Waals surface area (Å²) in [6.07, 6.45) is 3.36. The molecule has 17 heavy (non-hydrogen) atoms. The van der Waals surface area contributed by atoms with Crippen LogP contribution in [-0.2, 0) is 0 Å². The molecule has 2 nitrogen and oxygen atoms in total. The number of benzene rings is 1. The molecule has 0 aromatic heterocycles. The SMILES string of the molecule is CC(C)c1ccccc1N1CCCC1CCO. The lowest BCUT2D eigenvalue weighted by Crippen LogP contribution is -2.30. The van der Waals surface area contributed by atoms with Crippen molar-refractivity contribution in [3.63, 3.8) is 0 Å². The molecule has 1 unspecified atom stereocenters. The second kappa shape index (κ2) is 5.54. The molecular formula is C15H23NO. The van der Waals surface area contributed by atoms with Crippen molar-refractivity contribution in [2.75, 3.05) is 18.1 Å². The number of aliphatic hydroxyl groups is 1. The van der Waals surface area contributed by atoms with Gasteiger partial charge in [-0.3, -0.25) is 0 Å². The van der Waals surface area contributed by atoms with Crippen molar-refractivity contribution >= 4 is 5.69 Å². The summed E-state index contributed by atoms with van der Waals surface area (Å²) in [7, 11) is 0. The zero-order chi connectivity index (χ0) is 12.3. The van der Waals surface area contributed by atoms with Gasteiger partial charge in [0.15, 0.2) is 0 Å². The van der Waals surface area contributed by atoms with Gasteiger partial charge in [0.25, 0.3) is 0 Å². The summed E-state index contributed by atoms with van der Waals surface area (Å²) in [5.74, 6) is 0.557. The topological polar surface area (TPSA) is 23.5 Å². The minimum atomic E-state index is 0.297. The molecule has 0 saturated carbocycles. The lowest BCUT2D eigenvalue weighted by Gasteiger charge is -2.29. The number of hydrogen-bond donors (Lipinski definition) is 1. The van der Waals surface area contributed by atoms with Crippen molar-refractivity contribution in [2.24, 2.45) is 0 Å². The summed E-state index contributed by atoms with van der Waals surface area (Å²) in [5, 5.41) is 9.14. The standard InChI is InChI=1S/C15H23NO/c1-12(2)14-7-3-4-8-15(14)16-10-5-6-13(16)9-11-17/h3-4,7-8,12-13,17H,5-6,9-11H2,1-2H3. The Kier molecular flexibility index (Phi) is 4.06. The Labute approximate surface area is 104 Å². The van der Waals surface area contributed by atoms with Gasteiger partial charge in [0.1, 0.15) is 0 Å². The van der Waals surface area contributed by atoms with E-state index in [1.165, 1.54) is 24.1 Å². The van der Waals surface area contributed by atoms with Crippen LogP contribution in [0.1, 0.15) is 44.6 Å². The molecule has 0 spiro atoms. The molecule has 0 radical (unpaired) electrons. The van der Waals surface area contributed by atoms with E-state index in [4.69, 9.17) is 5.11 Å². The summed E-state index contributed by atoms with van der Waals surface area (Å²) in [4.78, 5) is 2.49. The molecule has 1 aliphatic rings. The number of rotatable bonds is 4. The van der Waals surface area contributed by atoms with Gasteiger partial charge in [-0.1, -0.05) is 32.0 Å². The molecule has 1 fully saturated rings. The van der Waals surface area contributed by atoms with Gasteiger partial charge in [0.2, 0.25) is 0 Å². The monoisotopic (exact) mass is 233 g/mol. The van der Waals surface area contributed by atoms with Gasteiger partial charge in [-0.2, -0.15) is 0 Å². The Bertz CT molecular complexity index is 362. The number of anilines is 1. The Hall–Kier alpha value is -1.02. The maximum absolute atomic E-state index is 9.14. The predicted octanol–water partition coefficient (Wildman–Crippen LogP) is 3.16. The number of nitrogens with zero attached hydrogens (tertiary/aromatic N) is 1. The zero-order valence-electron chi connectivity index (χ0n) is 10.9. The number of hydrogen-bond acceptors (Lipinski definition) is 2. The molecule has 94 valence electrons. The third-order valence-corrected chi connectivity index (χ3v) is 3.71. The van der Waals surface area contributed by atoms with Crippen molar-refractivity contribution in [1.29, 1.82) is 0 Å². The van der Waals surface area contributed by atoms with Crippen LogP contribution >= 0.6 is 0 Å². The first-order valence-electron chi connectivity index (χ1n) is 6.70. The van der Waals surface area contributed by atoms with Crippen molar-refractivity contribution < 1.29 is 5.11 Å². The molecule has 0 bridgehead atoms. The van der Waals surface area contributed by atoms with Gasteiger partial charge < -0.3 is 10.0 Å². The van der Waals surface area contributed by atoms with Crippen LogP contribution in [0.25, 0.3) is 0 Å². The second-order valence-electron chi connectivity index (χ2n) is 5.22. The molecule has 0 amide bonds.